The molecule has 14 heavy (non-hydrogen) atoms. The van der Waals surface area contributed by atoms with Gasteiger partial charge in [-0.3, -0.25) is 4.79 Å². The van der Waals surface area contributed by atoms with Gasteiger partial charge in [0.15, 0.2) is 4.33 Å². The number of rotatable bonds is 2. The molecule has 1 fully saturated rings. The molecule has 1 aliphatic heterocycles. The van der Waals surface area contributed by atoms with Crippen molar-refractivity contribution in [1.29, 1.82) is 0 Å². The third kappa shape index (κ3) is 1.60. The highest BCUT2D eigenvalue weighted by atomic mass is 35.5. The molecule has 0 radical (unpaired) electrons. The number of benzene rings is 1. The van der Waals surface area contributed by atoms with Crippen LogP contribution in [0.1, 0.15) is 12.0 Å². The Morgan fingerprint density at radius 2 is 1.86 bits per heavy atom. The highest BCUT2D eigenvalue weighted by Gasteiger charge is 2.46. The van der Waals surface area contributed by atoms with Crippen molar-refractivity contribution in [3.8, 4) is 0 Å². The van der Waals surface area contributed by atoms with Crippen molar-refractivity contribution in [1.82, 2.24) is 0 Å². The second-order valence-corrected chi connectivity index (χ2v) is 4.56. The Balaban J connectivity index is 2.20. The molecule has 1 heterocycles. The van der Waals surface area contributed by atoms with Gasteiger partial charge in [0.1, 0.15) is 6.10 Å². The topological polar surface area (TPSA) is 26.3 Å². The van der Waals surface area contributed by atoms with Crippen LogP contribution in [0.25, 0.3) is 0 Å². The zero-order valence-corrected chi connectivity index (χ0v) is 8.76. The molecule has 0 saturated carbocycles. The minimum absolute atomic E-state index is 0.253. The summed E-state index contributed by atoms with van der Waals surface area (Å²) in [6.07, 6.45) is -0.150. The predicted molar refractivity (Wildman–Crippen MR) is 54.3 cm³/mol. The summed E-state index contributed by atoms with van der Waals surface area (Å²) in [5.74, 6) is -0.253. The summed E-state index contributed by atoms with van der Waals surface area (Å²) < 4.78 is 3.73. The fourth-order valence-electron chi connectivity index (χ4n) is 1.35. The number of hydrogen-bond acceptors (Lipinski definition) is 2. The van der Waals surface area contributed by atoms with Crippen molar-refractivity contribution in [3.63, 3.8) is 0 Å². The van der Waals surface area contributed by atoms with E-state index in [2.05, 4.69) is 0 Å². The standard InChI is InChI=1S/C10H8Cl2O2/c11-10(12,8-6-9(13)14-8)7-4-2-1-3-5-7/h1-5,8H,6H2/t8-/m1/s1. The molecule has 0 bridgehead atoms. The lowest BCUT2D eigenvalue weighted by Crippen LogP contribution is -2.43. The summed E-state index contributed by atoms with van der Waals surface area (Å²) >= 11 is 12.2. The van der Waals surface area contributed by atoms with E-state index in [0.717, 1.165) is 5.56 Å². The van der Waals surface area contributed by atoms with Crippen LogP contribution in [0.2, 0.25) is 0 Å². The van der Waals surface area contributed by atoms with Crippen molar-refractivity contribution in [3.05, 3.63) is 35.9 Å². The van der Waals surface area contributed by atoms with E-state index in [0.29, 0.717) is 0 Å². The Labute approximate surface area is 91.8 Å². The number of halogens is 2. The lowest BCUT2D eigenvalue weighted by atomic mass is 10.0. The summed E-state index contributed by atoms with van der Waals surface area (Å²) in [5, 5.41) is 0. The predicted octanol–water partition coefficient (Wildman–Crippen LogP) is 2.63. The number of cyclic esters (lactones) is 1. The van der Waals surface area contributed by atoms with Gasteiger partial charge in [0.05, 0.1) is 6.42 Å². The molecule has 0 spiro atoms. The Morgan fingerprint density at radius 3 is 2.36 bits per heavy atom. The minimum Gasteiger partial charge on any atom is -0.458 e. The quantitative estimate of drug-likeness (QED) is 0.577. The smallest absolute Gasteiger partial charge is 0.310 e. The fourth-order valence-corrected chi connectivity index (χ4v) is 1.84. The SMILES string of the molecule is O=C1C[C@H](C(Cl)(Cl)c2ccccc2)O1. The molecular formula is C10H8Cl2O2. The number of ether oxygens (including phenoxy) is 1. The van der Waals surface area contributed by atoms with Gasteiger partial charge in [-0.1, -0.05) is 53.5 Å². The molecule has 0 aromatic heterocycles. The maximum Gasteiger partial charge on any atom is 0.310 e. The van der Waals surface area contributed by atoms with Gasteiger partial charge in [-0.05, 0) is 5.56 Å². The third-order valence-electron chi connectivity index (χ3n) is 2.19. The molecule has 1 aromatic rings. The van der Waals surface area contributed by atoms with E-state index >= 15 is 0 Å². The van der Waals surface area contributed by atoms with Crippen LogP contribution in [0.4, 0.5) is 0 Å². The van der Waals surface area contributed by atoms with Crippen molar-refractivity contribution in [2.75, 3.05) is 0 Å². The summed E-state index contributed by atoms with van der Waals surface area (Å²) in [5.41, 5.74) is 0.751. The molecular weight excluding hydrogens is 223 g/mol. The number of esters is 1. The Bertz CT molecular complexity index is 340. The lowest BCUT2D eigenvalue weighted by Gasteiger charge is -2.35. The molecule has 1 saturated heterocycles. The largest absolute Gasteiger partial charge is 0.458 e. The summed E-state index contributed by atoms with van der Waals surface area (Å²) in [6, 6.07) is 9.18. The van der Waals surface area contributed by atoms with Gasteiger partial charge in [-0.25, -0.2) is 0 Å². The number of alkyl halides is 2. The van der Waals surface area contributed by atoms with Gasteiger partial charge in [0, 0.05) is 0 Å². The maximum absolute atomic E-state index is 10.6. The van der Waals surface area contributed by atoms with E-state index in [4.69, 9.17) is 27.9 Å². The number of carbonyl (C=O) groups excluding carboxylic acids is 1. The van der Waals surface area contributed by atoms with E-state index in [1.54, 1.807) is 0 Å². The second kappa shape index (κ2) is 3.44. The average Bonchev–Trinajstić information content (AvgIpc) is 2.14. The zero-order chi connectivity index (χ0) is 10.2. The summed E-state index contributed by atoms with van der Waals surface area (Å²) in [6.45, 7) is 0. The van der Waals surface area contributed by atoms with Gasteiger partial charge in [-0.15, -0.1) is 0 Å². The van der Waals surface area contributed by atoms with Crippen LogP contribution in [0, 0.1) is 0 Å². The summed E-state index contributed by atoms with van der Waals surface area (Å²) in [4.78, 5) is 10.6. The second-order valence-electron chi connectivity index (χ2n) is 3.17. The molecule has 2 rings (SSSR count). The summed E-state index contributed by atoms with van der Waals surface area (Å²) in [7, 11) is 0. The van der Waals surface area contributed by atoms with E-state index in [9.17, 15) is 4.79 Å². The van der Waals surface area contributed by atoms with Crippen LogP contribution < -0.4 is 0 Å². The van der Waals surface area contributed by atoms with E-state index in [-0.39, 0.29) is 12.4 Å². The van der Waals surface area contributed by atoms with Crippen molar-refractivity contribution >= 4 is 29.2 Å². The van der Waals surface area contributed by atoms with E-state index in [1.165, 1.54) is 0 Å². The first kappa shape index (κ1) is 9.81. The van der Waals surface area contributed by atoms with E-state index < -0.39 is 10.4 Å². The highest BCUT2D eigenvalue weighted by Crippen LogP contribution is 2.43. The molecule has 0 N–H and O–H groups in total. The molecule has 0 amide bonds. The first-order chi connectivity index (χ1) is 6.60. The van der Waals surface area contributed by atoms with Crippen LogP contribution in [-0.2, 0) is 13.9 Å². The molecule has 0 aliphatic carbocycles. The van der Waals surface area contributed by atoms with Gasteiger partial charge < -0.3 is 4.74 Å². The van der Waals surface area contributed by atoms with E-state index in [1.807, 2.05) is 30.3 Å². The van der Waals surface area contributed by atoms with Crippen LogP contribution in [-0.4, -0.2) is 12.1 Å². The molecule has 1 aliphatic rings. The number of carbonyl (C=O) groups is 1. The molecule has 1 aromatic carbocycles. The molecule has 0 unspecified atom stereocenters. The zero-order valence-electron chi connectivity index (χ0n) is 7.24. The van der Waals surface area contributed by atoms with Crippen LogP contribution in [0.3, 0.4) is 0 Å². The molecule has 74 valence electrons. The Hall–Kier alpha value is -0.730. The first-order valence-electron chi connectivity index (χ1n) is 4.23. The Morgan fingerprint density at radius 1 is 1.29 bits per heavy atom. The third-order valence-corrected chi connectivity index (χ3v) is 3.11. The monoisotopic (exact) mass is 230 g/mol. The number of hydrogen-bond donors (Lipinski definition) is 0. The fraction of sp³-hybridized carbons (Fsp3) is 0.300. The van der Waals surface area contributed by atoms with Crippen LogP contribution in [0.5, 0.6) is 0 Å². The molecule has 4 heteroatoms. The lowest BCUT2D eigenvalue weighted by molar-refractivity contribution is -0.170. The van der Waals surface area contributed by atoms with Crippen molar-refractivity contribution < 1.29 is 9.53 Å². The van der Waals surface area contributed by atoms with Crippen molar-refractivity contribution in [2.45, 2.75) is 16.9 Å². The van der Waals surface area contributed by atoms with Crippen LogP contribution >= 0.6 is 23.2 Å². The molecule has 2 nitrogen and oxygen atoms in total. The minimum atomic E-state index is -1.13. The normalized spacial score (nSPS) is 21.3. The van der Waals surface area contributed by atoms with Gasteiger partial charge in [0.2, 0.25) is 0 Å². The van der Waals surface area contributed by atoms with Crippen molar-refractivity contribution in [2.24, 2.45) is 0 Å². The van der Waals surface area contributed by atoms with Crippen LogP contribution in [0.15, 0.2) is 30.3 Å². The highest BCUT2D eigenvalue weighted by molar-refractivity contribution is 6.48. The van der Waals surface area contributed by atoms with Gasteiger partial charge in [-0.2, -0.15) is 0 Å². The van der Waals surface area contributed by atoms with Gasteiger partial charge in [0.25, 0.3) is 0 Å². The Kier molecular flexibility index (Phi) is 2.41. The molecule has 1 atom stereocenters. The maximum atomic E-state index is 10.6. The average molecular weight is 231 g/mol. The van der Waals surface area contributed by atoms with Gasteiger partial charge >= 0.3 is 5.97 Å². The first-order valence-corrected chi connectivity index (χ1v) is 4.99.